The van der Waals surface area contributed by atoms with E-state index in [0.717, 1.165) is 6.07 Å². The molecule has 0 fully saturated rings. The predicted molar refractivity (Wildman–Crippen MR) is 102 cm³/mol. The van der Waals surface area contributed by atoms with Gasteiger partial charge in [0.2, 0.25) is 0 Å². The summed E-state index contributed by atoms with van der Waals surface area (Å²) in [7, 11) is 0. The van der Waals surface area contributed by atoms with Gasteiger partial charge in [-0.25, -0.2) is 4.79 Å². The molecule has 0 saturated carbocycles. The summed E-state index contributed by atoms with van der Waals surface area (Å²) in [6, 6.07) is 7.31. The van der Waals surface area contributed by atoms with Gasteiger partial charge in [0.25, 0.3) is 5.69 Å². The molecule has 0 aliphatic rings. The number of benzene rings is 2. The second-order valence-electron chi connectivity index (χ2n) is 6.06. The highest BCUT2D eigenvalue weighted by atomic mass is 19.4. The number of nitro groups is 1. The van der Waals surface area contributed by atoms with Gasteiger partial charge in [0.1, 0.15) is 16.8 Å². The molecule has 13 heteroatoms. The lowest BCUT2D eigenvalue weighted by Gasteiger charge is -2.22. The Kier molecular flexibility index (Phi) is 7.61. The summed E-state index contributed by atoms with van der Waals surface area (Å²) in [6.45, 7) is 0.209. The first-order valence-corrected chi connectivity index (χ1v) is 8.70. The van der Waals surface area contributed by atoms with Crippen molar-refractivity contribution in [2.75, 3.05) is 31.2 Å². The summed E-state index contributed by atoms with van der Waals surface area (Å²) in [4.78, 5) is 22.7. The van der Waals surface area contributed by atoms with Gasteiger partial charge >= 0.3 is 12.1 Å². The lowest BCUT2D eigenvalue weighted by atomic mass is 10.0. The molecule has 0 atom stereocenters. The number of carboxylic acid groups (broad SMARTS) is 1. The Morgan fingerprint density at radius 1 is 1.03 bits per heavy atom. The van der Waals surface area contributed by atoms with E-state index in [9.17, 15) is 33.2 Å². The highest BCUT2D eigenvalue weighted by Crippen LogP contribution is 2.42. The number of hydrogen-bond acceptors (Lipinski definition) is 8. The fourth-order valence-electron chi connectivity index (χ4n) is 2.77. The smallest absolute Gasteiger partial charge is 0.423 e. The fourth-order valence-corrected chi connectivity index (χ4v) is 2.77. The van der Waals surface area contributed by atoms with Gasteiger partial charge < -0.3 is 20.2 Å². The number of carboxylic acids is 1. The van der Waals surface area contributed by atoms with Crippen molar-refractivity contribution in [1.82, 2.24) is 0 Å². The van der Waals surface area contributed by atoms with Crippen molar-refractivity contribution in [3.63, 3.8) is 0 Å². The second-order valence-corrected chi connectivity index (χ2v) is 6.06. The molecule has 0 bridgehead atoms. The topological polar surface area (TPSA) is 149 Å². The zero-order valence-corrected chi connectivity index (χ0v) is 15.8. The van der Waals surface area contributed by atoms with E-state index < -0.39 is 39.6 Å². The van der Waals surface area contributed by atoms with Gasteiger partial charge in [-0.3, -0.25) is 10.1 Å². The molecule has 0 unspecified atom stereocenters. The van der Waals surface area contributed by atoms with Gasteiger partial charge in [-0.1, -0.05) is 0 Å². The maximum Gasteiger partial charge on any atom is 0.423 e. The highest BCUT2D eigenvalue weighted by molar-refractivity contribution is 5.96. The van der Waals surface area contributed by atoms with Crippen LogP contribution in [0, 0.1) is 10.1 Å². The number of anilines is 1. The summed E-state index contributed by atoms with van der Waals surface area (Å²) in [6.07, 6.45) is -5.30. The van der Waals surface area contributed by atoms with Crippen LogP contribution >= 0.6 is 0 Å². The van der Waals surface area contributed by atoms with Crippen LogP contribution in [0.1, 0.15) is 15.9 Å². The molecular formula is C18H17F3N4O6. The molecule has 0 aliphatic heterocycles. The molecule has 0 amide bonds. The zero-order chi connectivity index (χ0) is 23.2. The van der Waals surface area contributed by atoms with Crippen molar-refractivity contribution in [2.24, 2.45) is 10.2 Å². The lowest BCUT2D eigenvalue weighted by molar-refractivity contribution is -0.388. The van der Waals surface area contributed by atoms with Crippen molar-refractivity contribution in [1.29, 1.82) is 0 Å². The average molecular weight is 442 g/mol. The molecule has 2 aromatic rings. The summed E-state index contributed by atoms with van der Waals surface area (Å²) < 4.78 is 40.0. The number of azo groups is 1. The van der Waals surface area contributed by atoms with Crippen LogP contribution in [0.3, 0.4) is 0 Å². The molecule has 0 aliphatic carbocycles. The van der Waals surface area contributed by atoms with Crippen LogP contribution in [0.4, 0.5) is 35.9 Å². The van der Waals surface area contributed by atoms with Crippen molar-refractivity contribution in [3.05, 3.63) is 57.6 Å². The molecule has 2 rings (SSSR count). The van der Waals surface area contributed by atoms with Crippen molar-refractivity contribution in [2.45, 2.75) is 6.18 Å². The molecule has 0 saturated heterocycles. The van der Waals surface area contributed by atoms with Crippen LogP contribution < -0.4 is 4.90 Å². The van der Waals surface area contributed by atoms with Crippen LogP contribution in [0.25, 0.3) is 0 Å². The zero-order valence-electron chi connectivity index (χ0n) is 15.8. The summed E-state index contributed by atoms with van der Waals surface area (Å²) in [5, 5.41) is 45.6. The summed E-state index contributed by atoms with van der Waals surface area (Å²) in [5.74, 6) is -2.04. The highest BCUT2D eigenvalue weighted by Gasteiger charge is 2.44. The van der Waals surface area contributed by atoms with E-state index >= 15 is 0 Å². The Labute approximate surface area is 173 Å². The number of nitrogens with zero attached hydrogens (tertiary/aromatic N) is 4. The van der Waals surface area contributed by atoms with Gasteiger partial charge in [0.15, 0.2) is 0 Å². The average Bonchev–Trinajstić information content (AvgIpc) is 2.71. The van der Waals surface area contributed by atoms with E-state index in [1.165, 1.54) is 12.1 Å². The van der Waals surface area contributed by atoms with Crippen LogP contribution in [0.15, 0.2) is 46.6 Å². The number of nitro benzene ring substituents is 1. The van der Waals surface area contributed by atoms with Gasteiger partial charge in [-0.05, 0) is 30.3 Å². The van der Waals surface area contributed by atoms with E-state index in [0.29, 0.717) is 11.8 Å². The first-order valence-electron chi connectivity index (χ1n) is 8.70. The first kappa shape index (κ1) is 23.7. The molecule has 0 radical (unpaired) electrons. The summed E-state index contributed by atoms with van der Waals surface area (Å²) in [5.41, 5.74) is -4.60. The van der Waals surface area contributed by atoms with Gasteiger partial charge in [-0.15, -0.1) is 5.11 Å². The molecule has 0 heterocycles. The van der Waals surface area contributed by atoms with Crippen molar-refractivity contribution < 1.29 is 38.2 Å². The quantitative estimate of drug-likeness (QED) is 0.306. The van der Waals surface area contributed by atoms with Crippen LogP contribution in [-0.4, -0.2) is 52.5 Å². The molecular weight excluding hydrogens is 425 g/mol. The minimum absolute atomic E-state index is 0.152. The second kappa shape index (κ2) is 9.95. The maximum atomic E-state index is 13.3. The molecule has 0 aromatic heterocycles. The van der Waals surface area contributed by atoms with E-state index in [1.807, 2.05) is 0 Å². The lowest BCUT2D eigenvalue weighted by Crippen LogP contribution is -2.29. The number of hydrogen-bond donors (Lipinski definition) is 3. The Morgan fingerprint density at radius 3 is 2.06 bits per heavy atom. The van der Waals surface area contributed by atoms with E-state index in [-0.39, 0.29) is 32.0 Å². The van der Waals surface area contributed by atoms with Gasteiger partial charge in [0, 0.05) is 24.8 Å². The van der Waals surface area contributed by atoms with Crippen molar-refractivity contribution in [3.8, 4) is 0 Å². The fraction of sp³-hybridized carbons (Fsp3) is 0.278. The Morgan fingerprint density at radius 2 is 1.61 bits per heavy atom. The van der Waals surface area contributed by atoms with E-state index in [4.69, 9.17) is 10.2 Å². The minimum atomic E-state index is -5.30. The molecule has 10 nitrogen and oxygen atoms in total. The molecule has 3 N–H and O–H groups in total. The third-order valence-electron chi connectivity index (χ3n) is 4.08. The standard InChI is InChI=1S/C18H17F3N4O6/c19-18(20,21)16-14(25(30)31)6-5-13(15(16)17(28)29)23-22-11-1-3-12(4-2-11)24(7-9-26)8-10-27/h1-6,26-27H,7-10H2,(H,28,29). The normalized spacial score (nSPS) is 11.6. The van der Waals surface area contributed by atoms with E-state index in [2.05, 4.69) is 10.2 Å². The number of carbonyl (C=O) groups is 1. The monoisotopic (exact) mass is 442 g/mol. The number of aromatic carboxylic acids is 1. The van der Waals surface area contributed by atoms with Crippen LogP contribution in [0.5, 0.6) is 0 Å². The number of halogens is 3. The number of aliphatic hydroxyl groups excluding tert-OH is 2. The Hall–Kier alpha value is -3.58. The number of rotatable bonds is 9. The van der Waals surface area contributed by atoms with Crippen molar-refractivity contribution >= 4 is 28.7 Å². The number of aliphatic hydroxyl groups is 2. The maximum absolute atomic E-state index is 13.3. The predicted octanol–water partition coefficient (Wildman–Crippen LogP) is 3.52. The Balaban J connectivity index is 2.44. The molecule has 0 spiro atoms. The molecule has 166 valence electrons. The first-order chi connectivity index (χ1) is 14.6. The molecule has 31 heavy (non-hydrogen) atoms. The Bertz CT molecular complexity index is 973. The van der Waals surface area contributed by atoms with Crippen LogP contribution in [0.2, 0.25) is 0 Å². The largest absolute Gasteiger partial charge is 0.478 e. The third kappa shape index (κ3) is 5.73. The summed E-state index contributed by atoms with van der Waals surface area (Å²) >= 11 is 0. The minimum Gasteiger partial charge on any atom is -0.478 e. The van der Waals surface area contributed by atoms with Crippen LogP contribution in [-0.2, 0) is 6.18 Å². The van der Waals surface area contributed by atoms with Gasteiger partial charge in [-0.2, -0.15) is 18.3 Å². The third-order valence-corrected chi connectivity index (χ3v) is 4.08. The van der Waals surface area contributed by atoms with E-state index in [1.54, 1.807) is 17.0 Å². The van der Waals surface area contributed by atoms with Gasteiger partial charge in [0.05, 0.1) is 23.8 Å². The molecule has 2 aromatic carbocycles. The SMILES string of the molecule is O=C(O)c1c(N=Nc2ccc(N(CCO)CCO)cc2)ccc([N+](=O)[O-])c1C(F)(F)F. The number of alkyl halides is 3.